The second kappa shape index (κ2) is 32.0. The number of aromatic nitrogens is 2. The number of halogens is 4. The van der Waals surface area contributed by atoms with Gasteiger partial charge < -0.3 is 24.9 Å². The van der Waals surface area contributed by atoms with Gasteiger partial charge in [-0.2, -0.15) is 22.8 Å². The fraction of sp³-hybridized carbons (Fsp3) is 0.500. The molecule has 10 aliphatic rings. The number of aryl methyl sites for hydroxylation is 6. The number of hydrogen-bond acceptors (Lipinski definition) is 5. The van der Waals surface area contributed by atoms with Crippen LogP contribution in [0, 0.1) is 81.0 Å². The SMILES string of the molecule is CC(C)(C)[CH]=[Mo]=[N]C12CC3CC(CC(C3)C1)C2.CC(C)(C)[CH]=[Mo]=[N]C12CC3CC(CC(C3)C1)C2.COc1c(Br)cc2c(c1-c1c(O)c(Br)cc3c1CCCC3)CCCC2.Cc1c(Br)cc2ccccc2c1-c1c(O)c(Br)cc2ccccc12.Cc1ccc(C)[n-]1.Cc1ccc(C)[n-]1. The molecule has 0 unspecified atom stereocenters. The van der Waals surface area contributed by atoms with Crippen molar-refractivity contribution in [2.45, 2.75) is 216 Å². The predicted molar refractivity (Wildman–Crippen MR) is 414 cm³/mol. The van der Waals surface area contributed by atoms with E-state index in [1.165, 1.54) is 125 Å². The molecule has 18 rings (SSSR count). The number of ether oxygens (including phenoxy) is 1. The van der Waals surface area contributed by atoms with Crippen LogP contribution in [0.4, 0.5) is 0 Å². The van der Waals surface area contributed by atoms with Gasteiger partial charge in [0.25, 0.3) is 0 Å². The Bertz CT molecular complexity index is 3980. The van der Waals surface area contributed by atoms with Crippen LogP contribution in [0.2, 0.25) is 0 Å². The van der Waals surface area contributed by atoms with Gasteiger partial charge in [0, 0.05) is 21.2 Å². The number of phenolic OH excluding ortho intramolecular Hbond substituents is 2. The van der Waals surface area contributed by atoms with E-state index in [2.05, 4.69) is 173 Å². The number of hydrogen-bond donors (Lipinski definition) is 2. The first-order valence-electron chi connectivity index (χ1n) is 35.7. The van der Waals surface area contributed by atoms with Crippen LogP contribution in [0.1, 0.15) is 195 Å². The van der Waals surface area contributed by atoms with E-state index in [0.29, 0.717) is 32.1 Å². The number of methoxy groups -OCH3 is 1. The molecule has 8 saturated carbocycles. The molecule has 10 aliphatic carbocycles. The van der Waals surface area contributed by atoms with Gasteiger partial charge in [-0.1, -0.05) is 116 Å². The molecule has 0 aliphatic heterocycles. The summed E-state index contributed by atoms with van der Waals surface area (Å²) in [5, 5.41) is 26.3. The van der Waals surface area contributed by atoms with Crippen molar-refractivity contribution >= 4 is 94.1 Å². The molecule has 13 heteroatoms. The minimum absolute atomic E-state index is 0.214. The minimum atomic E-state index is -0.214. The third-order valence-corrected chi connectivity index (χ3v) is 30.3. The van der Waals surface area contributed by atoms with Gasteiger partial charge in [-0.3, -0.25) is 0 Å². The summed E-state index contributed by atoms with van der Waals surface area (Å²) >= 11 is 14.0. The van der Waals surface area contributed by atoms with Crippen LogP contribution in [0.3, 0.4) is 0 Å². The summed E-state index contributed by atoms with van der Waals surface area (Å²) in [6.45, 7) is 23.9. The molecular formula is C84H102Br4Mo2N4O3-2. The molecule has 8 bridgehead atoms. The molecule has 97 heavy (non-hydrogen) atoms. The molecule has 2 heterocycles. The first-order chi connectivity index (χ1) is 46.1. The molecule has 8 aromatic rings. The van der Waals surface area contributed by atoms with Crippen molar-refractivity contribution in [3.05, 3.63) is 166 Å². The van der Waals surface area contributed by atoms with Crippen molar-refractivity contribution in [3.63, 3.8) is 0 Å². The summed E-state index contributed by atoms with van der Waals surface area (Å²) in [4.78, 5) is 8.22. The maximum Gasteiger partial charge on any atom is 0.141 e. The summed E-state index contributed by atoms with van der Waals surface area (Å²) < 4.78 is 24.9. The summed E-state index contributed by atoms with van der Waals surface area (Å²) in [7, 11) is 1.72. The van der Waals surface area contributed by atoms with Gasteiger partial charge in [-0.15, -0.1) is 0 Å². The van der Waals surface area contributed by atoms with Gasteiger partial charge in [0.2, 0.25) is 0 Å². The molecule has 0 atom stereocenters. The van der Waals surface area contributed by atoms with Crippen LogP contribution in [-0.4, -0.2) is 37.2 Å². The zero-order chi connectivity index (χ0) is 69.1. The minimum Gasteiger partial charge on any atom is -0.665 e. The Hall–Kier alpha value is -3.56. The molecule has 2 N–H and O–H groups in total. The van der Waals surface area contributed by atoms with Crippen molar-refractivity contribution in [1.82, 2.24) is 9.97 Å². The van der Waals surface area contributed by atoms with Crippen molar-refractivity contribution in [1.29, 1.82) is 0 Å². The van der Waals surface area contributed by atoms with E-state index in [9.17, 15) is 10.2 Å². The molecular weight excluding hydrogens is 1620 g/mol. The van der Waals surface area contributed by atoms with E-state index < -0.39 is 0 Å². The molecule has 518 valence electrons. The van der Waals surface area contributed by atoms with Crippen molar-refractivity contribution < 1.29 is 50.8 Å². The van der Waals surface area contributed by atoms with Crippen LogP contribution in [0.5, 0.6) is 17.2 Å². The first kappa shape index (κ1) is 74.6. The van der Waals surface area contributed by atoms with Crippen molar-refractivity contribution in [2.75, 3.05) is 7.11 Å². The Labute approximate surface area is 629 Å². The number of phenols is 2. The van der Waals surface area contributed by atoms with Gasteiger partial charge in [-0.25, -0.2) is 0 Å². The van der Waals surface area contributed by atoms with Gasteiger partial charge >= 0.3 is 228 Å². The van der Waals surface area contributed by atoms with Crippen LogP contribution < -0.4 is 14.7 Å². The third kappa shape index (κ3) is 18.4. The van der Waals surface area contributed by atoms with Gasteiger partial charge in [0.15, 0.2) is 0 Å². The normalized spacial score (nSPS) is 23.6. The smallest absolute Gasteiger partial charge is 0.141 e. The number of aromatic hydroxyl groups is 2. The van der Waals surface area contributed by atoms with E-state index >= 15 is 0 Å². The number of rotatable bonds is 5. The van der Waals surface area contributed by atoms with E-state index in [1.54, 1.807) is 7.11 Å². The van der Waals surface area contributed by atoms with Gasteiger partial charge in [-0.05, 0) is 185 Å². The second-order valence-corrected chi connectivity index (χ2v) is 38.5. The molecule has 7 nitrogen and oxygen atoms in total. The van der Waals surface area contributed by atoms with Gasteiger partial charge in [0.05, 0.1) is 20.5 Å². The Balaban J connectivity index is 0.000000124. The standard InChI is InChI=1S/C21H22Br2O2.C21H14Br2O.2C10H15N.2C6H8N.2C5H10.2Mo/c1-25-21-17(23)11-13-7-3-5-9-15(13)19(21)18-14-8-4-2-6-12(14)10-16(22)20(18)24;1-12-17(22)10-13-6-2-4-8-15(13)19(12)20-16-9-5-3-7-14(16)11-18(23)21(20)24;2*11-10-4-7-1-8(5-10)3-9(2-7)6-10;2*1-5-3-4-6(2)7-5;2*1-5(2,3)4;;/h10-11,24H,2-9H2,1H3;2-11,24H,1H3;2*7-9H,1-6H2;2*3-4H,1-2H3;2*1H,2-4H3;;/q;;;;2*-1;;;;. The molecule has 2 aromatic heterocycles. The van der Waals surface area contributed by atoms with Gasteiger partial charge in [0.1, 0.15) is 17.2 Å². The summed E-state index contributed by atoms with van der Waals surface area (Å²) in [5.74, 6) is 7.77. The molecule has 0 radical (unpaired) electrons. The Morgan fingerprint density at radius 2 is 0.804 bits per heavy atom. The van der Waals surface area contributed by atoms with E-state index in [4.69, 9.17) is 11.7 Å². The van der Waals surface area contributed by atoms with E-state index in [1.807, 2.05) is 82.3 Å². The second-order valence-electron chi connectivity index (χ2n) is 32.0. The average molecular weight is 1730 g/mol. The zero-order valence-electron chi connectivity index (χ0n) is 59.4. The fourth-order valence-electron chi connectivity index (χ4n) is 17.9. The number of fused-ring (bicyclic) bond motifs is 4. The van der Waals surface area contributed by atoms with Crippen molar-refractivity contribution in [2.24, 2.45) is 53.3 Å². The maximum absolute atomic E-state index is 11.0. The Morgan fingerprint density at radius 1 is 0.454 bits per heavy atom. The average Bonchev–Trinajstić information content (AvgIpc) is 1.17. The molecule has 0 spiro atoms. The van der Waals surface area contributed by atoms with Crippen LogP contribution in [0.15, 0.2) is 122 Å². The number of benzene rings is 6. The molecule has 0 saturated heterocycles. The Kier molecular flexibility index (Phi) is 24.6. The molecule has 8 fully saturated rings. The largest absolute Gasteiger partial charge is 0.665 e. The van der Waals surface area contributed by atoms with Crippen molar-refractivity contribution in [3.8, 4) is 39.5 Å². The molecule has 0 amide bonds. The predicted octanol–water partition coefficient (Wildman–Crippen LogP) is 24.2. The Morgan fingerprint density at radius 3 is 1.20 bits per heavy atom. The monoisotopic (exact) mass is 1730 g/mol. The fourth-order valence-corrected chi connectivity index (χ4v) is 23.9. The van der Waals surface area contributed by atoms with E-state index in [-0.39, 0.29) is 41.6 Å². The zero-order valence-corrected chi connectivity index (χ0v) is 69.8. The summed E-state index contributed by atoms with van der Waals surface area (Å²) in [6, 6.07) is 32.9. The van der Waals surface area contributed by atoms with Crippen LogP contribution in [0.25, 0.3) is 43.8 Å². The third-order valence-electron chi connectivity index (χ3n) is 21.2. The van der Waals surface area contributed by atoms with Crippen LogP contribution >= 0.6 is 63.7 Å². The molecule has 6 aromatic carbocycles. The first-order valence-corrected chi connectivity index (χ1v) is 43.0. The number of nitrogens with zero attached hydrogens (tertiary/aromatic N) is 4. The summed E-state index contributed by atoms with van der Waals surface area (Å²) in [6.07, 6.45) is 27.0. The topological polar surface area (TPSA) is 103 Å². The van der Waals surface area contributed by atoms with E-state index in [0.717, 1.165) is 152 Å². The quantitative estimate of drug-likeness (QED) is 0.167. The summed E-state index contributed by atoms with van der Waals surface area (Å²) in [5.41, 5.74) is 16.7. The van der Waals surface area contributed by atoms with Crippen LogP contribution in [-0.2, 0) is 61.5 Å². The maximum atomic E-state index is 11.0.